The number of hydrogen-bond acceptors (Lipinski definition) is 21. The van der Waals surface area contributed by atoms with E-state index in [0.717, 1.165) is 80.1 Å². The number of benzene rings is 13. The van der Waals surface area contributed by atoms with Crippen LogP contribution in [0.3, 0.4) is 0 Å². The Morgan fingerprint density at radius 3 is 1.18 bits per heavy atom. The van der Waals surface area contributed by atoms with Gasteiger partial charge in [0.15, 0.2) is 0 Å². The van der Waals surface area contributed by atoms with Crippen molar-refractivity contribution in [3.63, 3.8) is 0 Å². The SMILES string of the molecule is CB(O)c1cc(C)cc(C(F)(F)F)c1.CB(O)c1cc(C)cc(C)c1.CB(O)c1cc(Cl)cc(Cl)c1.CB(O)c1cc(F)cc(F)c1.CB(O)c1ccc(C)c([N+](=O)[O-])c1.CB(O)c1ccc(F)c(COCc2ccccc2)c1.CB(O)c1ccc(OCc2ccccc2)c(C)c1.CCOc1cc(F)cc(B(C)O)c1.COC(=O)c1ccc(B(C)O)cc1Cl.COc1cc(B(C)O)ccc1Cl.COc1cc(OC)cc(B(C)O)c1. The van der Waals surface area contributed by atoms with Crippen LogP contribution in [0, 0.1) is 68.0 Å². The Hall–Kier alpha value is -11.4. The van der Waals surface area contributed by atoms with Gasteiger partial charge in [0.2, 0.25) is 0 Å². The molecule has 13 aromatic carbocycles. The molecule has 44 heteroatoms. The molecule has 0 bridgehead atoms. The largest absolute Gasteiger partial charge is 0.497 e. The summed E-state index contributed by atoms with van der Waals surface area (Å²) in [6.45, 7) is 24.2. The molecule has 786 valence electrons. The molecule has 13 aromatic rings. The molecule has 0 aliphatic carbocycles. The van der Waals surface area contributed by atoms with Crippen LogP contribution < -0.4 is 83.8 Å². The molecule has 0 saturated carbocycles. The molecule has 0 aromatic heterocycles. The van der Waals surface area contributed by atoms with Crippen molar-refractivity contribution < 1.29 is 129 Å². The van der Waals surface area contributed by atoms with E-state index < -0.39 is 103 Å². The fourth-order valence-electron chi connectivity index (χ4n) is 13.0. The summed E-state index contributed by atoms with van der Waals surface area (Å²) in [5, 5.41) is 114. The highest BCUT2D eigenvalue weighted by atomic mass is 35.5. The third kappa shape index (κ3) is 50.4. The van der Waals surface area contributed by atoms with Gasteiger partial charge in [0.1, 0.15) is 58.6 Å². The van der Waals surface area contributed by atoms with Crippen molar-refractivity contribution in [3.05, 3.63) is 370 Å². The summed E-state index contributed by atoms with van der Waals surface area (Å²) in [4.78, 5) is 21.2. The second-order valence-corrected chi connectivity index (χ2v) is 35.9. The number of carbonyl (C=O) groups excluding carboxylic acids is 1. The molecular formula is C105H125B11Cl4F7NO21. The number of rotatable bonds is 25. The van der Waals surface area contributed by atoms with Crippen LogP contribution in [0.15, 0.2) is 261 Å². The lowest BCUT2D eigenvalue weighted by molar-refractivity contribution is -0.385. The van der Waals surface area contributed by atoms with Gasteiger partial charge in [-0.25, -0.2) is 22.4 Å². The Bertz CT molecular complexity index is 6050. The zero-order valence-corrected chi connectivity index (χ0v) is 90.1. The summed E-state index contributed by atoms with van der Waals surface area (Å²) in [7, 11) is 6.01. The molecule has 0 aliphatic rings. The monoisotopic (exact) mass is 2130 g/mol. The van der Waals surface area contributed by atoms with Gasteiger partial charge >= 0.3 is 88.2 Å². The number of methoxy groups -OCH3 is 4. The van der Waals surface area contributed by atoms with E-state index in [1.165, 1.54) is 62.2 Å². The average Bonchev–Trinajstić information content (AvgIpc) is 0.823. The number of aryl methyl sites for hydroxylation is 5. The van der Waals surface area contributed by atoms with E-state index in [-0.39, 0.29) is 46.8 Å². The molecule has 0 unspecified atom stereocenters. The highest BCUT2D eigenvalue weighted by Gasteiger charge is 2.32. The van der Waals surface area contributed by atoms with Gasteiger partial charge in [-0.05, 0) is 215 Å². The molecule has 0 fully saturated rings. The van der Waals surface area contributed by atoms with Gasteiger partial charge in [0, 0.05) is 45.4 Å². The number of nitrogens with zero attached hydrogens (tertiary/aromatic N) is 1. The number of nitro benzene ring substituents is 1. The summed E-state index contributed by atoms with van der Waals surface area (Å²) in [5.41, 5.74) is 14.1. The Labute approximate surface area is 893 Å². The second-order valence-electron chi connectivity index (χ2n) is 34.2. The normalized spacial score (nSPS) is 10.1. The molecule has 0 aliphatic heterocycles. The number of ether oxygens (including phenoxy) is 7. The van der Waals surface area contributed by atoms with E-state index in [1.807, 2.05) is 119 Å². The van der Waals surface area contributed by atoms with Gasteiger partial charge in [-0.15, -0.1) is 0 Å². The molecule has 0 heterocycles. The number of carbonyl (C=O) groups is 1. The lowest BCUT2D eigenvalue weighted by Crippen LogP contribution is -2.27. The standard InChI is InChI=1S/C15H16BFO2.C15H17BO2.C9H10BClO3.C9H10BF3O.C9H12BFO2.C9H13BO3.C9H13BO.C8H10BClO2.C8H10BNO3.C7H7BCl2O.C7H7BF2O/c1-16(18)14-7-8-15(17)13(9-14)11-19-10-12-5-3-2-4-6-12;1-12-10-14(16(2)17)8-9-15(12)18-11-13-6-4-3-5-7-13;1-10(13)6-3-4-7(8(11)5-6)9(12)14-2;1-6-3-7(9(11,12)13)5-8(4-6)10(2)14;1-3-13-9-5-7(10(2)12)4-8(11)6-9;1-10(11)7-4-8(12-2)6-9(5-7)13-3;1-7-4-8(2)6-9(5-7)10(3)11;1-9(11)6-3-4-7(10)8(5-6)12-2;1-6-3-4-7(9(2)11)5-8(6)10(12)13;2*1-8(11)5-2-6(9)4-7(10)3-5/h2-9,18H,10-11H2,1H3;3-10,17H,11H2,1-2H3;3-5,13H,1-2H3;3-5,14H,1-2H3;4-6,12H,3H2,1-2H3;4-6,11H,1-3H3;4-6,11H,1-3H3;3-5,11H,1-2H3;3-5,11H,1-2H3;2*2-4,11H,1H3. The predicted octanol–water partition coefficient (Wildman–Crippen LogP) is 14.7. The minimum absolute atomic E-state index is 0.0541. The van der Waals surface area contributed by atoms with Crippen molar-refractivity contribution in [2.75, 3.05) is 35.0 Å². The zero-order chi connectivity index (χ0) is 112. The van der Waals surface area contributed by atoms with Crippen molar-refractivity contribution in [3.8, 4) is 28.7 Å². The van der Waals surface area contributed by atoms with Gasteiger partial charge in [-0.1, -0.05) is 278 Å². The van der Waals surface area contributed by atoms with E-state index in [4.69, 9.17) is 84.9 Å². The molecule has 0 amide bonds. The molecule has 149 heavy (non-hydrogen) atoms. The first-order valence-corrected chi connectivity index (χ1v) is 48.4. The van der Waals surface area contributed by atoms with Crippen LogP contribution in [0.4, 0.5) is 36.4 Å². The van der Waals surface area contributed by atoms with Crippen LogP contribution in [0.2, 0.25) is 95.1 Å². The van der Waals surface area contributed by atoms with Gasteiger partial charge in [-0.3, -0.25) is 10.1 Å². The third-order valence-electron chi connectivity index (χ3n) is 21.2. The van der Waals surface area contributed by atoms with E-state index in [0.29, 0.717) is 102 Å². The van der Waals surface area contributed by atoms with Gasteiger partial charge < -0.3 is 88.4 Å². The third-order valence-corrected chi connectivity index (χ3v) is 22.3. The molecule has 0 radical (unpaired) electrons. The Kier molecular flexibility index (Phi) is 59.9. The minimum atomic E-state index is -4.35. The topological polar surface area (TPSA) is 347 Å². The van der Waals surface area contributed by atoms with Crippen LogP contribution >= 0.6 is 46.4 Å². The fraction of sp³-hybridized carbons (Fsp3) is 0.248. The number of esters is 1. The first-order chi connectivity index (χ1) is 69.9. The number of halogens is 11. The fourth-order valence-corrected chi connectivity index (χ4v) is 14.0. The summed E-state index contributed by atoms with van der Waals surface area (Å²) in [6, 6.07) is 72.1. The van der Waals surface area contributed by atoms with Crippen LogP contribution in [-0.2, 0) is 35.5 Å². The Morgan fingerprint density at radius 2 is 0.738 bits per heavy atom. The number of alkyl halides is 3. The van der Waals surface area contributed by atoms with E-state index in [1.54, 1.807) is 200 Å². The van der Waals surface area contributed by atoms with Crippen LogP contribution in [0.1, 0.15) is 67.4 Å². The first-order valence-electron chi connectivity index (χ1n) is 46.9. The first kappa shape index (κ1) is 132. The van der Waals surface area contributed by atoms with E-state index in [9.17, 15) is 90.9 Å². The van der Waals surface area contributed by atoms with Gasteiger partial charge in [0.25, 0.3) is 5.69 Å². The predicted molar refractivity (Wildman–Crippen MR) is 602 cm³/mol. The molecule has 22 nitrogen and oxygen atoms in total. The van der Waals surface area contributed by atoms with E-state index in [2.05, 4.69) is 10.8 Å². The highest BCUT2D eigenvalue weighted by molar-refractivity contribution is 6.69. The maximum atomic E-state index is 13.6. The second kappa shape index (κ2) is 67.7. The van der Waals surface area contributed by atoms with Crippen molar-refractivity contribution in [1.29, 1.82) is 0 Å². The quantitative estimate of drug-likeness (QED) is 0.00832. The molecule has 13 rings (SSSR count). The average molecular weight is 2130 g/mol. The summed E-state index contributed by atoms with van der Waals surface area (Å²) in [5.74, 6) is 0.787. The minimum Gasteiger partial charge on any atom is -0.497 e. The molecule has 0 saturated heterocycles. The Morgan fingerprint density at radius 1 is 0.349 bits per heavy atom. The smallest absolute Gasteiger partial charge is 0.416 e. The van der Waals surface area contributed by atoms with Crippen LogP contribution in [-0.4, -0.2) is 177 Å². The number of hydrogen-bond donors (Lipinski definition) is 11. The van der Waals surface area contributed by atoms with Crippen LogP contribution in [0.5, 0.6) is 28.7 Å². The van der Waals surface area contributed by atoms with Crippen molar-refractivity contribution in [2.45, 2.75) is 143 Å². The Balaban J connectivity index is 0.000000423. The van der Waals surface area contributed by atoms with Crippen LogP contribution in [0.25, 0.3) is 0 Å². The van der Waals surface area contributed by atoms with Gasteiger partial charge in [0.05, 0.1) is 74.4 Å². The lowest BCUT2D eigenvalue weighted by atomic mass is 9.64. The molecule has 0 atom stereocenters. The zero-order valence-electron chi connectivity index (χ0n) is 87.1. The van der Waals surface area contributed by atoms with E-state index >= 15 is 0 Å². The van der Waals surface area contributed by atoms with Crippen molar-refractivity contribution in [1.82, 2.24) is 0 Å². The summed E-state index contributed by atoms with van der Waals surface area (Å²) >= 11 is 23.0. The number of nitro groups is 1. The molecular weight excluding hydrogens is 2000 g/mol. The van der Waals surface area contributed by atoms with Crippen molar-refractivity contribution in [2.24, 2.45) is 0 Å². The molecule has 0 spiro atoms. The van der Waals surface area contributed by atoms with Crippen molar-refractivity contribution >= 4 is 194 Å². The molecule has 11 N–H and O–H groups in total. The maximum absolute atomic E-state index is 13.6. The maximum Gasteiger partial charge on any atom is 0.416 e. The lowest BCUT2D eigenvalue weighted by Gasteiger charge is -2.11. The van der Waals surface area contributed by atoms with Gasteiger partial charge in [-0.2, -0.15) is 13.2 Å². The summed E-state index contributed by atoms with van der Waals surface area (Å²) in [6.07, 6.45) is -4.35. The highest BCUT2D eigenvalue weighted by Crippen LogP contribution is 2.30. The summed E-state index contributed by atoms with van der Waals surface area (Å²) < 4.78 is 124.